The maximum Gasteiger partial charge on any atom is 0.410 e. The van der Waals surface area contributed by atoms with Crippen LogP contribution < -0.4 is 0 Å². The largest absolute Gasteiger partial charge is 0.445 e. The predicted molar refractivity (Wildman–Crippen MR) is 101 cm³/mol. The number of carbonyl (C=O) groups is 1. The highest BCUT2D eigenvalue weighted by Crippen LogP contribution is 2.28. The lowest BCUT2D eigenvalue weighted by molar-refractivity contribution is -0.385. The van der Waals surface area contributed by atoms with Gasteiger partial charge in [-0.1, -0.05) is 30.3 Å². The molecule has 0 radical (unpaired) electrons. The lowest BCUT2D eigenvalue weighted by Gasteiger charge is -2.30. The summed E-state index contributed by atoms with van der Waals surface area (Å²) in [7, 11) is 0. The number of rotatable bonds is 4. The molecule has 9 heteroatoms. The molecule has 4 rings (SSSR count). The summed E-state index contributed by atoms with van der Waals surface area (Å²) in [4.78, 5) is 36.0. The molecular weight excluding hydrogens is 362 g/mol. The first-order valence-electron chi connectivity index (χ1n) is 9.06. The van der Waals surface area contributed by atoms with Crippen LogP contribution >= 0.6 is 0 Å². The van der Waals surface area contributed by atoms with Gasteiger partial charge in [0.2, 0.25) is 0 Å². The Hall–Kier alpha value is -3.49. The van der Waals surface area contributed by atoms with Gasteiger partial charge in [0.1, 0.15) is 24.1 Å². The minimum Gasteiger partial charge on any atom is -0.445 e. The topological polar surface area (TPSA) is 114 Å². The summed E-state index contributed by atoms with van der Waals surface area (Å²) < 4.78 is 5.38. The first-order valence-corrected chi connectivity index (χ1v) is 9.06. The zero-order chi connectivity index (χ0) is 19.5. The van der Waals surface area contributed by atoms with Crippen LogP contribution in [0.5, 0.6) is 0 Å². The van der Waals surface area contributed by atoms with Crippen molar-refractivity contribution in [1.29, 1.82) is 0 Å². The highest BCUT2D eigenvalue weighted by Gasteiger charge is 2.27. The molecule has 1 amide bonds. The molecule has 0 aliphatic carbocycles. The van der Waals surface area contributed by atoms with Gasteiger partial charge >= 0.3 is 6.09 Å². The van der Waals surface area contributed by atoms with E-state index in [1.807, 2.05) is 30.3 Å². The molecule has 1 N–H and O–H groups in total. The molecule has 0 unspecified atom stereocenters. The molecule has 0 atom stereocenters. The van der Waals surface area contributed by atoms with Crippen LogP contribution in [0.3, 0.4) is 0 Å². The first kappa shape index (κ1) is 17.9. The fourth-order valence-corrected chi connectivity index (χ4v) is 3.34. The number of likely N-dealkylation sites (tertiary alicyclic amines) is 1. The lowest BCUT2D eigenvalue weighted by Crippen LogP contribution is -2.38. The number of fused-ring (bicyclic) bond motifs is 1. The molecule has 1 saturated heterocycles. The van der Waals surface area contributed by atoms with E-state index in [1.54, 1.807) is 4.90 Å². The predicted octanol–water partition coefficient (Wildman–Crippen LogP) is 3.38. The molecule has 9 nitrogen and oxygen atoms in total. The van der Waals surface area contributed by atoms with Gasteiger partial charge < -0.3 is 14.6 Å². The molecule has 0 bridgehead atoms. The third-order valence-electron chi connectivity index (χ3n) is 4.90. The minimum absolute atomic E-state index is 0.0819. The molecule has 3 heterocycles. The summed E-state index contributed by atoms with van der Waals surface area (Å²) in [6.07, 6.45) is 2.38. The minimum atomic E-state index is -0.486. The Bertz CT molecular complexity index is 996. The van der Waals surface area contributed by atoms with E-state index in [1.165, 1.54) is 12.3 Å². The van der Waals surface area contributed by atoms with E-state index in [2.05, 4.69) is 15.0 Å². The van der Waals surface area contributed by atoms with Crippen molar-refractivity contribution in [2.45, 2.75) is 25.4 Å². The second-order valence-corrected chi connectivity index (χ2v) is 6.74. The van der Waals surface area contributed by atoms with Gasteiger partial charge in [-0.15, -0.1) is 0 Å². The van der Waals surface area contributed by atoms with Crippen LogP contribution in [0.15, 0.2) is 42.6 Å². The zero-order valence-corrected chi connectivity index (χ0v) is 15.1. The van der Waals surface area contributed by atoms with E-state index in [0.717, 1.165) is 24.2 Å². The molecule has 1 aromatic carbocycles. The van der Waals surface area contributed by atoms with Gasteiger partial charge in [-0.05, 0) is 18.4 Å². The van der Waals surface area contributed by atoms with Crippen molar-refractivity contribution in [3.63, 3.8) is 0 Å². The number of piperidine rings is 1. The number of carbonyl (C=O) groups excluding carboxylic acids is 1. The second-order valence-electron chi connectivity index (χ2n) is 6.74. The summed E-state index contributed by atoms with van der Waals surface area (Å²) >= 11 is 0. The molecule has 144 valence electrons. The number of hydrogen-bond donors (Lipinski definition) is 1. The van der Waals surface area contributed by atoms with Crippen LogP contribution in [0.1, 0.15) is 30.1 Å². The molecule has 1 fully saturated rings. The highest BCUT2D eigenvalue weighted by molar-refractivity contribution is 5.73. The molecule has 0 saturated carbocycles. The molecule has 28 heavy (non-hydrogen) atoms. The number of aromatic nitrogens is 3. The summed E-state index contributed by atoms with van der Waals surface area (Å²) in [6.45, 7) is 1.40. The maximum atomic E-state index is 12.3. The molecule has 2 aromatic heterocycles. The summed E-state index contributed by atoms with van der Waals surface area (Å²) in [5.41, 5.74) is 1.88. The van der Waals surface area contributed by atoms with Crippen molar-refractivity contribution in [2.24, 2.45) is 0 Å². The fourth-order valence-electron chi connectivity index (χ4n) is 3.34. The van der Waals surface area contributed by atoms with Crippen molar-refractivity contribution < 1.29 is 14.5 Å². The van der Waals surface area contributed by atoms with Crippen LogP contribution in [0, 0.1) is 10.1 Å². The Balaban J connectivity index is 1.35. The van der Waals surface area contributed by atoms with Crippen LogP contribution in [0.2, 0.25) is 0 Å². The number of H-pyrrole nitrogens is 1. The van der Waals surface area contributed by atoms with Crippen molar-refractivity contribution in [2.75, 3.05) is 13.1 Å². The van der Waals surface area contributed by atoms with Crippen molar-refractivity contribution in [1.82, 2.24) is 19.9 Å². The van der Waals surface area contributed by atoms with E-state index in [9.17, 15) is 14.9 Å². The quantitative estimate of drug-likeness (QED) is 0.547. The number of aromatic amines is 1. The van der Waals surface area contributed by atoms with Crippen LogP contribution in [-0.2, 0) is 11.3 Å². The van der Waals surface area contributed by atoms with Gasteiger partial charge in [-0.3, -0.25) is 10.1 Å². The number of nitro groups is 1. The number of amides is 1. The third-order valence-corrected chi connectivity index (χ3v) is 4.90. The fraction of sp³-hybridized carbons (Fsp3) is 0.316. The normalized spacial score (nSPS) is 14.9. The smallest absolute Gasteiger partial charge is 0.410 e. The van der Waals surface area contributed by atoms with E-state index in [-0.39, 0.29) is 24.3 Å². The number of pyridine rings is 1. The average molecular weight is 381 g/mol. The Morgan fingerprint density at radius 2 is 2.04 bits per heavy atom. The summed E-state index contributed by atoms with van der Waals surface area (Å²) in [5, 5.41) is 10.9. The highest BCUT2D eigenvalue weighted by atomic mass is 16.6. The number of nitrogens with zero attached hydrogens (tertiary/aromatic N) is 4. The molecular formula is C19H19N5O4. The average Bonchev–Trinajstić information content (AvgIpc) is 3.16. The van der Waals surface area contributed by atoms with Crippen LogP contribution in [0.4, 0.5) is 10.5 Å². The van der Waals surface area contributed by atoms with Gasteiger partial charge in [0.05, 0.1) is 4.92 Å². The number of benzene rings is 1. The number of imidazole rings is 1. The third kappa shape index (κ3) is 3.78. The van der Waals surface area contributed by atoms with Gasteiger partial charge in [0.25, 0.3) is 5.69 Å². The summed E-state index contributed by atoms with van der Waals surface area (Å²) in [6, 6.07) is 11.0. The monoisotopic (exact) mass is 381 g/mol. The standard InChI is InChI=1S/C19H19N5O4/c25-19(28-12-13-4-2-1-3-5-13)23-8-6-14(7-9-23)17-21-16-10-15(24(26)27)11-20-18(16)22-17/h1-5,10-11,14H,6-9,12H2,(H,20,21,22). The first-order chi connectivity index (χ1) is 13.6. The van der Waals surface area contributed by atoms with Crippen LogP contribution in [0.25, 0.3) is 11.2 Å². The second kappa shape index (κ2) is 7.63. The number of nitrogens with one attached hydrogen (secondary N) is 1. The Morgan fingerprint density at radius 3 is 2.75 bits per heavy atom. The molecule has 3 aromatic rings. The van der Waals surface area contributed by atoms with E-state index in [4.69, 9.17) is 4.74 Å². The van der Waals surface area contributed by atoms with E-state index >= 15 is 0 Å². The lowest BCUT2D eigenvalue weighted by atomic mass is 9.96. The molecule has 1 aliphatic rings. The SMILES string of the molecule is O=C(OCc1ccccc1)N1CCC(c2nc3cc([N+](=O)[O-])cnc3[nH]2)CC1. The molecule has 1 aliphatic heterocycles. The number of hydrogen-bond acceptors (Lipinski definition) is 6. The molecule has 0 spiro atoms. The van der Waals surface area contributed by atoms with Gasteiger partial charge in [-0.2, -0.15) is 0 Å². The van der Waals surface area contributed by atoms with Gasteiger partial charge in [0.15, 0.2) is 5.65 Å². The van der Waals surface area contributed by atoms with Crippen molar-refractivity contribution >= 4 is 22.9 Å². The van der Waals surface area contributed by atoms with E-state index in [0.29, 0.717) is 24.3 Å². The van der Waals surface area contributed by atoms with Gasteiger partial charge in [0, 0.05) is 25.1 Å². The van der Waals surface area contributed by atoms with Crippen LogP contribution in [-0.4, -0.2) is 44.0 Å². The van der Waals surface area contributed by atoms with Crippen molar-refractivity contribution in [3.8, 4) is 0 Å². The maximum absolute atomic E-state index is 12.3. The Labute approximate surface area is 160 Å². The van der Waals surface area contributed by atoms with Gasteiger partial charge in [-0.25, -0.2) is 14.8 Å². The number of ether oxygens (including phenoxy) is 1. The van der Waals surface area contributed by atoms with E-state index < -0.39 is 4.92 Å². The summed E-state index contributed by atoms with van der Waals surface area (Å²) in [5.74, 6) is 0.895. The zero-order valence-electron chi connectivity index (χ0n) is 15.1. The Kier molecular flexibility index (Phi) is 4.88. The Morgan fingerprint density at radius 1 is 1.29 bits per heavy atom. The van der Waals surface area contributed by atoms with Crippen molar-refractivity contribution in [3.05, 3.63) is 64.1 Å².